The molecule has 24 heavy (non-hydrogen) atoms. The van der Waals surface area contributed by atoms with E-state index in [0.29, 0.717) is 10.8 Å². The highest BCUT2D eigenvalue weighted by atomic mass is 16.5. The highest BCUT2D eigenvalue weighted by molar-refractivity contribution is 5.23. The first-order valence-electron chi connectivity index (χ1n) is 10.7. The lowest BCUT2D eigenvalue weighted by Gasteiger charge is -2.61. The molecule has 4 aliphatic rings. The van der Waals surface area contributed by atoms with E-state index in [1.807, 2.05) is 7.11 Å². The molecule has 0 aromatic heterocycles. The Hall–Kier alpha value is -0.300. The molecule has 1 heteroatoms. The Morgan fingerprint density at radius 1 is 1.08 bits per heavy atom. The van der Waals surface area contributed by atoms with Gasteiger partial charge in [0, 0.05) is 7.11 Å². The third-order valence-electron chi connectivity index (χ3n) is 9.24. The Balaban J connectivity index is 1.66. The van der Waals surface area contributed by atoms with E-state index in [0.717, 1.165) is 36.2 Å². The molecule has 0 N–H and O–H groups in total. The van der Waals surface area contributed by atoms with Gasteiger partial charge in [0.15, 0.2) is 0 Å². The molecule has 0 bridgehead atoms. The van der Waals surface area contributed by atoms with Crippen molar-refractivity contribution in [1.29, 1.82) is 0 Å². The zero-order valence-corrected chi connectivity index (χ0v) is 16.4. The quantitative estimate of drug-likeness (QED) is 0.545. The van der Waals surface area contributed by atoms with Crippen LogP contribution in [0, 0.1) is 40.4 Å². The molecule has 0 saturated heterocycles. The summed E-state index contributed by atoms with van der Waals surface area (Å²) in [7, 11) is 1.95. The van der Waals surface area contributed by atoms with Crippen LogP contribution in [0.4, 0.5) is 0 Å². The molecule has 1 nitrogen and oxygen atoms in total. The Labute approximate surface area is 149 Å². The lowest BCUT2D eigenvalue weighted by molar-refractivity contribution is -0.142. The molecule has 4 aliphatic carbocycles. The van der Waals surface area contributed by atoms with Crippen LogP contribution in [-0.2, 0) is 4.74 Å². The maximum atomic E-state index is 5.89. The largest absolute Gasteiger partial charge is 0.384 e. The van der Waals surface area contributed by atoms with Crippen molar-refractivity contribution in [3.05, 3.63) is 11.6 Å². The predicted molar refractivity (Wildman–Crippen MR) is 101 cm³/mol. The van der Waals surface area contributed by atoms with Crippen LogP contribution in [-0.4, -0.2) is 13.7 Å². The molecular weight excluding hydrogens is 292 g/mol. The summed E-state index contributed by atoms with van der Waals surface area (Å²) >= 11 is 0. The number of fused-ring (bicyclic) bond motifs is 5. The Morgan fingerprint density at radius 2 is 1.92 bits per heavy atom. The monoisotopic (exact) mass is 330 g/mol. The molecular formula is C23H38O. The summed E-state index contributed by atoms with van der Waals surface area (Å²) in [5, 5.41) is 0. The van der Waals surface area contributed by atoms with Crippen LogP contribution in [0.2, 0.25) is 0 Å². The summed E-state index contributed by atoms with van der Waals surface area (Å²) in [5.74, 6) is 4.75. The van der Waals surface area contributed by atoms with E-state index in [1.165, 1.54) is 57.8 Å². The topological polar surface area (TPSA) is 9.23 Å². The lowest BCUT2D eigenvalue weighted by Crippen LogP contribution is -2.55. The van der Waals surface area contributed by atoms with Gasteiger partial charge in [-0.3, -0.25) is 0 Å². The van der Waals surface area contributed by atoms with Crippen molar-refractivity contribution < 1.29 is 4.74 Å². The lowest BCUT2D eigenvalue weighted by atomic mass is 9.44. The van der Waals surface area contributed by atoms with Gasteiger partial charge >= 0.3 is 0 Å². The zero-order chi connectivity index (χ0) is 16.9. The van der Waals surface area contributed by atoms with Crippen molar-refractivity contribution in [3.63, 3.8) is 0 Å². The van der Waals surface area contributed by atoms with E-state index in [4.69, 9.17) is 4.74 Å². The minimum Gasteiger partial charge on any atom is -0.384 e. The number of hydrogen-bond donors (Lipinski definition) is 0. The van der Waals surface area contributed by atoms with Gasteiger partial charge in [-0.1, -0.05) is 31.9 Å². The first-order chi connectivity index (χ1) is 11.5. The maximum Gasteiger partial charge on any atom is 0.0524 e. The second kappa shape index (κ2) is 6.15. The van der Waals surface area contributed by atoms with E-state index in [2.05, 4.69) is 26.8 Å². The second-order valence-corrected chi connectivity index (χ2v) is 10.0. The van der Waals surface area contributed by atoms with Gasteiger partial charge in [0.05, 0.1) is 6.61 Å². The SMILES string of the molecule is C/C=C1/CC[C@H]2[C@@H]3CC[C@H]4C[C@H](C)CC[C@]4(COC)[C@H]3CC[C@]12C. The van der Waals surface area contributed by atoms with Gasteiger partial charge in [0.25, 0.3) is 0 Å². The number of methoxy groups -OCH3 is 1. The maximum absolute atomic E-state index is 5.89. The van der Waals surface area contributed by atoms with Crippen molar-refractivity contribution in [2.24, 2.45) is 40.4 Å². The van der Waals surface area contributed by atoms with E-state index in [1.54, 1.807) is 5.57 Å². The Bertz CT molecular complexity index is 508. The van der Waals surface area contributed by atoms with Crippen molar-refractivity contribution >= 4 is 0 Å². The summed E-state index contributed by atoms with van der Waals surface area (Å²) in [5.41, 5.74) is 2.83. The zero-order valence-electron chi connectivity index (χ0n) is 16.4. The molecule has 0 heterocycles. The van der Waals surface area contributed by atoms with Crippen molar-refractivity contribution in [3.8, 4) is 0 Å². The molecule has 7 atom stereocenters. The average Bonchev–Trinajstić information content (AvgIpc) is 2.92. The molecule has 0 aliphatic heterocycles. The summed E-state index contributed by atoms with van der Waals surface area (Å²) < 4.78 is 5.89. The molecule has 0 radical (unpaired) electrons. The normalized spacial score (nSPS) is 52.7. The molecule has 136 valence electrons. The van der Waals surface area contributed by atoms with Crippen molar-refractivity contribution in [1.82, 2.24) is 0 Å². The molecule has 0 amide bonds. The highest BCUT2D eigenvalue weighted by Crippen LogP contribution is 2.67. The van der Waals surface area contributed by atoms with Gasteiger partial charge in [-0.15, -0.1) is 0 Å². The fourth-order valence-electron chi connectivity index (χ4n) is 8.14. The van der Waals surface area contributed by atoms with Crippen molar-refractivity contribution in [2.75, 3.05) is 13.7 Å². The Morgan fingerprint density at radius 3 is 2.67 bits per heavy atom. The van der Waals surface area contributed by atoms with E-state index < -0.39 is 0 Å². The minimum atomic E-state index is 0.518. The van der Waals surface area contributed by atoms with Crippen LogP contribution < -0.4 is 0 Å². The molecule has 0 spiro atoms. The van der Waals surface area contributed by atoms with Gasteiger partial charge in [-0.05, 0) is 98.7 Å². The first-order valence-corrected chi connectivity index (χ1v) is 10.7. The van der Waals surface area contributed by atoms with E-state index >= 15 is 0 Å². The number of ether oxygens (including phenoxy) is 1. The fraction of sp³-hybridized carbons (Fsp3) is 0.913. The van der Waals surface area contributed by atoms with Crippen LogP contribution in [0.15, 0.2) is 11.6 Å². The molecule has 0 unspecified atom stereocenters. The second-order valence-electron chi connectivity index (χ2n) is 10.0. The van der Waals surface area contributed by atoms with Crippen LogP contribution in [0.25, 0.3) is 0 Å². The van der Waals surface area contributed by atoms with Gasteiger partial charge in [0.2, 0.25) is 0 Å². The third kappa shape index (κ3) is 2.29. The minimum absolute atomic E-state index is 0.518. The Kier molecular flexibility index (Phi) is 4.39. The van der Waals surface area contributed by atoms with Crippen LogP contribution >= 0.6 is 0 Å². The predicted octanol–water partition coefficient (Wildman–Crippen LogP) is 6.24. The smallest absolute Gasteiger partial charge is 0.0524 e. The van der Waals surface area contributed by atoms with Crippen LogP contribution in [0.5, 0.6) is 0 Å². The van der Waals surface area contributed by atoms with E-state index in [-0.39, 0.29) is 0 Å². The number of hydrogen-bond acceptors (Lipinski definition) is 1. The number of allylic oxidation sites excluding steroid dienone is 2. The van der Waals surface area contributed by atoms with Crippen molar-refractivity contribution in [2.45, 2.75) is 78.6 Å². The van der Waals surface area contributed by atoms with Gasteiger partial charge < -0.3 is 4.74 Å². The van der Waals surface area contributed by atoms with Crippen LogP contribution in [0.1, 0.15) is 78.6 Å². The average molecular weight is 331 g/mol. The van der Waals surface area contributed by atoms with E-state index in [9.17, 15) is 0 Å². The van der Waals surface area contributed by atoms with Gasteiger partial charge in [0.1, 0.15) is 0 Å². The van der Waals surface area contributed by atoms with Gasteiger partial charge in [-0.25, -0.2) is 0 Å². The number of rotatable bonds is 2. The summed E-state index contributed by atoms with van der Waals surface area (Å²) in [6.45, 7) is 8.40. The summed E-state index contributed by atoms with van der Waals surface area (Å²) in [6.07, 6.45) is 15.5. The fourth-order valence-corrected chi connectivity index (χ4v) is 8.14. The molecule has 4 fully saturated rings. The van der Waals surface area contributed by atoms with Crippen LogP contribution in [0.3, 0.4) is 0 Å². The molecule has 4 rings (SSSR count). The molecule has 0 aromatic rings. The summed E-state index contributed by atoms with van der Waals surface area (Å²) in [4.78, 5) is 0. The molecule has 0 aromatic carbocycles. The summed E-state index contributed by atoms with van der Waals surface area (Å²) in [6, 6.07) is 0. The van der Waals surface area contributed by atoms with Gasteiger partial charge in [-0.2, -0.15) is 0 Å². The third-order valence-corrected chi connectivity index (χ3v) is 9.24. The molecule has 4 saturated carbocycles. The standard InChI is InChI=1S/C23H38O/c1-5-17-7-9-20-19-8-6-18-14-16(2)10-13-23(18,15-24-4)21(19)11-12-22(17,20)3/h5,16,18-21H,6-15H2,1-4H3/b17-5-/t16-,18+,19+,20+,21+,22-,23-/m1/s1. The highest BCUT2D eigenvalue weighted by Gasteiger charge is 2.60. The first kappa shape index (κ1) is 17.1.